The average molecular weight is 403 g/mol. The number of hydrogen-bond acceptors (Lipinski definition) is 6. The molecule has 3 atom stereocenters. The Kier molecular flexibility index (Phi) is 6.58. The van der Waals surface area contributed by atoms with Crippen LogP contribution in [0.4, 0.5) is 10.3 Å². The first kappa shape index (κ1) is 20.9. The molecule has 8 nitrogen and oxygen atoms in total. The van der Waals surface area contributed by atoms with E-state index < -0.39 is 30.6 Å². The monoisotopic (exact) mass is 403 g/mol. The first-order valence-electron chi connectivity index (χ1n) is 9.75. The minimum atomic E-state index is -0.619. The van der Waals surface area contributed by atoms with Crippen LogP contribution in [0.2, 0.25) is 0 Å². The van der Waals surface area contributed by atoms with Crippen LogP contribution in [0.5, 0.6) is 0 Å². The number of ether oxygens (including phenoxy) is 1. The molecule has 2 aliphatic rings. The molecule has 29 heavy (non-hydrogen) atoms. The van der Waals surface area contributed by atoms with E-state index in [-0.39, 0.29) is 23.5 Å². The van der Waals surface area contributed by atoms with Crippen LogP contribution < -0.4 is 16.4 Å². The Morgan fingerprint density at radius 2 is 2.17 bits per heavy atom. The summed E-state index contributed by atoms with van der Waals surface area (Å²) < 4.78 is 18.9. The number of amides is 2. The fourth-order valence-electron chi connectivity index (χ4n) is 3.14. The van der Waals surface area contributed by atoms with Crippen LogP contribution in [-0.2, 0) is 9.53 Å². The van der Waals surface area contributed by atoms with E-state index in [1.165, 1.54) is 12.3 Å². The van der Waals surface area contributed by atoms with E-state index in [9.17, 15) is 14.0 Å². The number of nitrogens with zero attached hydrogens (tertiary/aromatic N) is 2. The van der Waals surface area contributed by atoms with E-state index in [2.05, 4.69) is 20.6 Å². The molecule has 0 radical (unpaired) electrons. The normalized spacial score (nSPS) is 22.2. The molecular formula is C20H26FN5O3. The molecule has 3 rings (SSSR count). The maximum absolute atomic E-state index is 13.4. The number of aromatic nitrogens is 2. The lowest BCUT2D eigenvalue weighted by molar-refractivity contribution is -0.117. The number of alkyl halides is 1. The van der Waals surface area contributed by atoms with Crippen molar-refractivity contribution in [1.82, 2.24) is 15.3 Å². The number of hydrogen-bond donors (Lipinski definition) is 3. The fraction of sp³-hybridized carbons (Fsp3) is 0.500. The summed E-state index contributed by atoms with van der Waals surface area (Å²) in [5, 5.41) is 5.44. The number of halogens is 1. The van der Waals surface area contributed by atoms with Gasteiger partial charge in [0.25, 0.3) is 5.91 Å². The zero-order valence-corrected chi connectivity index (χ0v) is 16.5. The fourth-order valence-corrected chi connectivity index (χ4v) is 3.14. The summed E-state index contributed by atoms with van der Waals surface area (Å²) in [6, 6.07) is 0.424. The summed E-state index contributed by atoms with van der Waals surface area (Å²) in [5.74, 6) is -0.457. The Bertz CT molecular complexity index is 837. The van der Waals surface area contributed by atoms with Gasteiger partial charge in [-0.3, -0.25) is 19.3 Å². The van der Waals surface area contributed by atoms with E-state index in [1.54, 1.807) is 19.1 Å². The lowest BCUT2D eigenvalue weighted by atomic mass is 9.85. The molecule has 156 valence electrons. The van der Waals surface area contributed by atoms with Crippen molar-refractivity contribution >= 4 is 17.8 Å². The Morgan fingerprint density at radius 1 is 1.41 bits per heavy atom. The molecule has 1 aromatic rings. The van der Waals surface area contributed by atoms with Crippen LogP contribution in [-0.4, -0.2) is 47.1 Å². The van der Waals surface area contributed by atoms with Gasteiger partial charge < -0.3 is 15.8 Å². The molecule has 0 bridgehead atoms. The van der Waals surface area contributed by atoms with Crippen molar-refractivity contribution in [2.75, 3.05) is 18.6 Å². The molecular weight excluding hydrogens is 377 g/mol. The number of nitrogens with two attached hydrogens (primary N) is 1. The minimum absolute atomic E-state index is 0.00636. The van der Waals surface area contributed by atoms with Crippen LogP contribution in [0.25, 0.3) is 0 Å². The lowest BCUT2D eigenvalue weighted by Gasteiger charge is -2.30. The van der Waals surface area contributed by atoms with Gasteiger partial charge in [0, 0.05) is 30.1 Å². The van der Waals surface area contributed by atoms with Crippen molar-refractivity contribution in [2.45, 2.75) is 38.8 Å². The highest BCUT2D eigenvalue weighted by Gasteiger charge is 2.31. The van der Waals surface area contributed by atoms with Gasteiger partial charge in [-0.25, -0.2) is 9.97 Å². The van der Waals surface area contributed by atoms with E-state index >= 15 is 0 Å². The van der Waals surface area contributed by atoms with E-state index in [4.69, 9.17) is 10.5 Å². The number of rotatable bonds is 8. The number of anilines is 1. The highest BCUT2D eigenvalue weighted by molar-refractivity contribution is 5.95. The molecule has 0 aliphatic heterocycles. The summed E-state index contributed by atoms with van der Waals surface area (Å²) in [5.41, 5.74) is 6.97. The van der Waals surface area contributed by atoms with E-state index in [0.29, 0.717) is 17.9 Å². The smallest absolute Gasteiger partial charge is 0.270 e. The molecule has 1 heterocycles. The van der Waals surface area contributed by atoms with Crippen molar-refractivity contribution in [3.63, 3.8) is 0 Å². The van der Waals surface area contributed by atoms with Crippen LogP contribution in [0.3, 0.4) is 0 Å². The van der Waals surface area contributed by atoms with Crippen molar-refractivity contribution in [1.29, 1.82) is 0 Å². The number of carbonyl (C=O) groups excluding carboxylic acids is 2. The third kappa shape index (κ3) is 5.17. The Labute approximate surface area is 168 Å². The predicted octanol–water partition coefficient (Wildman–Crippen LogP) is 1.72. The molecule has 1 saturated carbocycles. The number of carbonyl (C=O) groups is 2. The molecule has 0 aromatic carbocycles. The molecule has 2 aliphatic carbocycles. The Hall–Kier alpha value is -2.81. The summed E-state index contributed by atoms with van der Waals surface area (Å²) in [6.07, 6.45) is 6.54. The van der Waals surface area contributed by atoms with Crippen molar-refractivity contribution < 1.29 is 18.7 Å². The zero-order chi connectivity index (χ0) is 21.0. The third-order valence-corrected chi connectivity index (χ3v) is 4.94. The highest BCUT2D eigenvalue weighted by Crippen LogP contribution is 2.29. The summed E-state index contributed by atoms with van der Waals surface area (Å²) in [4.78, 5) is 32.6. The maximum atomic E-state index is 13.4. The Balaban J connectivity index is 1.69. The summed E-state index contributed by atoms with van der Waals surface area (Å²) in [6.45, 7) is 3.44. The quantitative estimate of drug-likeness (QED) is 0.608. The van der Waals surface area contributed by atoms with Gasteiger partial charge in [-0.15, -0.1) is 0 Å². The number of allylic oxidation sites excluding steroid dienone is 1. The van der Waals surface area contributed by atoms with Crippen LogP contribution in [0.1, 0.15) is 37.2 Å². The van der Waals surface area contributed by atoms with Crippen LogP contribution >= 0.6 is 0 Å². The maximum Gasteiger partial charge on any atom is 0.270 e. The molecule has 1 fully saturated rings. The van der Waals surface area contributed by atoms with Gasteiger partial charge >= 0.3 is 0 Å². The van der Waals surface area contributed by atoms with Gasteiger partial charge in [0.05, 0.1) is 13.3 Å². The van der Waals surface area contributed by atoms with Crippen LogP contribution in [0, 0.1) is 11.8 Å². The highest BCUT2D eigenvalue weighted by atomic mass is 19.1. The first-order chi connectivity index (χ1) is 13.9. The molecule has 9 heteroatoms. The van der Waals surface area contributed by atoms with Gasteiger partial charge in [-0.2, -0.15) is 0 Å². The van der Waals surface area contributed by atoms with Gasteiger partial charge in [0.1, 0.15) is 11.5 Å². The van der Waals surface area contributed by atoms with Gasteiger partial charge in [-0.1, -0.05) is 0 Å². The third-order valence-electron chi connectivity index (χ3n) is 4.94. The molecule has 3 unspecified atom stereocenters. The SMILES string of the molecule is CCOC1=CC(CF)C(N)C(C(C)NC(=O)c2ccnc(NC(=O)C3CC3)n2)=C1. The topological polar surface area (TPSA) is 119 Å². The zero-order valence-electron chi connectivity index (χ0n) is 16.5. The minimum Gasteiger partial charge on any atom is -0.494 e. The largest absolute Gasteiger partial charge is 0.494 e. The van der Waals surface area contributed by atoms with Crippen molar-refractivity contribution in [3.05, 3.63) is 41.4 Å². The molecule has 2 amide bonds. The van der Waals surface area contributed by atoms with Crippen LogP contribution in [0.15, 0.2) is 35.7 Å². The molecule has 0 spiro atoms. The summed E-state index contributed by atoms with van der Waals surface area (Å²) in [7, 11) is 0. The number of nitrogens with one attached hydrogen (secondary N) is 2. The second-order valence-electron chi connectivity index (χ2n) is 7.21. The second kappa shape index (κ2) is 9.13. The van der Waals surface area contributed by atoms with E-state index in [1.807, 2.05) is 6.92 Å². The van der Waals surface area contributed by atoms with Crippen molar-refractivity contribution in [2.24, 2.45) is 17.6 Å². The molecule has 1 aromatic heterocycles. The average Bonchev–Trinajstić information content (AvgIpc) is 3.55. The molecule has 4 N–H and O–H groups in total. The van der Waals surface area contributed by atoms with Gasteiger partial charge in [0.2, 0.25) is 11.9 Å². The summed E-state index contributed by atoms with van der Waals surface area (Å²) >= 11 is 0. The molecule has 0 saturated heterocycles. The van der Waals surface area contributed by atoms with Gasteiger partial charge in [-0.05, 0) is 50.5 Å². The lowest BCUT2D eigenvalue weighted by Crippen LogP contribution is -2.44. The predicted molar refractivity (Wildman–Crippen MR) is 106 cm³/mol. The standard InChI is InChI=1S/C20H26FN5O3/c1-3-29-14-8-13(10-21)17(22)15(9-14)11(2)24-19(28)16-6-7-23-20(25-16)26-18(27)12-4-5-12/h6-9,11-13,17H,3-5,10,22H2,1-2H3,(H,24,28)(H,23,25,26,27). The first-order valence-corrected chi connectivity index (χ1v) is 9.75. The second-order valence-corrected chi connectivity index (χ2v) is 7.21. The van der Waals surface area contributed by atoms with E-state index in [0.717, 1.165) is 12.8 Å². The Morgan fingerprint density at radius 3 is 2.83 bits per heavy atom. The van der Waals surface area contributed by atoms with Gasteiger partial charge in [0.15, 0.2) is 0 Å². The van der Waals surface area contributed by atoms with Crippen molar-refractivity contribution in [3.8, 4) is 0 Å².